The Morgan fingerprint density at radius 2 is 1.64 bits per heavy atom. The second kappa shape index (κ2) is 8.05. The molecule has 0 spiro atoms. The van der Waals surface area contributed by atoms with Gasteiger partial charge in [0.1, 0.15) is 0 Å². The summed E-state index contributed by atoms with van der Waals surface area (Å²) in [5.41, 5.74) is 4.20. The van der Waals surface area contributed by atoms with Crippen molar-refractivity contribution in [2.45, 2.75) is 13.8 Å². The molecule has 132 valence electrons. The summed E-state index contributed by atoms with van der Waals surface area (Å²) >= 11 is 0. The van der Waals surface area contributed by atoms with E-state index < -0.39 is 23.2 Å². The molecule has 7 heteroatoms. The van der Waals surface area contributed by atoms with E-state index in [-0.39, 0.29) is 5.56 Å². The number of carbonyl (C=O) groups is 1. The van der Waals surface area contributed by atoms with Gasteiger partial charge < -0.3 is 20.2 Å². The van der Waals surface area contributed by atoms with Gasteiger partial charge in [0, 0.05) is 24.3 Å². The van der Waals surface area contributed by atoms with E-state index in [1.165, 1.54) is 6.21 Å². The molecule has 2 aromatic rings. The van der Waals surface area contributed by atoms with E-state index in [1.54, 1.807) is 0 Å². The molecular formula is C18H21N3O4. The molecule has 7 nitrogen and oxygen atoms in total. The van der Waals surface area contributed by atoms with Crippen LogP contribution in [0.3, 0.4) is 0 Å². The van der Waals surface area contributed by atoms with E-state index in [0.717, 1.165) is 36.5 Å². The smallest absolute Gasteiger partial charge is 0.271 e. The van der Waals surface area contributed by atoms with Crippen LogP contribution in [0, 0.1) is 0 Å². The number of hydrogen-bond acceptors (Lipinski definition) is 6. The van der Waals surface area contributed by atoms with Crippen molar-refractivity contribution in [1.82, 2.24) is 5.43 Å². The molecule has 0 saturated carbocycles. The Hall–Kier alpha value is -3.22. The van der Waals surface area contributed by atoms with E-state index in [4.69, 9.17) is 0 Å². The number of rotatable bonds is 6. The van der Waals surface area contributed by atoms with Gasteiger partial charge in [-0.15, -0.1) is 0 Å². The molecule has 2 aromatic carbocycles. The highest BCUT2D eigenvalue weighted by molar-refractivity contribution is 5.96. The predicted molar refractivity (Wildman–Crippen MR) is 96.5 cm³/mol. The number of aromatic hydroxyl groups is 3. The second-order valence-corrected chi connectivity index (χ2v) is 5.33. The summed E-state index contributed by atoms with van der Waals surface area (Å²) in [6, 6.07) is 9.82. The predicted octanol–water partition coefficient (Wildman–Crippen LogP) is 2.41. The van der Waals surface area contributed by atoms with Crippen molar-refractivity contribution in [3.05, 3.63) is 47.5 Å². The van der Waals surface area contributed by atoms with Gasteiger partial charge in [-0.2, -0.15) is 5.10 Å². The van der Waals surface area contributed by atoms with Gasteiger partial charge in [0.25, 0.3) is 5.91 Å². The zero-order valence-electron chi connectivity index (χ0n) is 14.1. The Kier molecular flexibility index (Phi) is 5.84. The van der Waals surface area contributed by atoms with Crippen LogP contribution in [0.5, 0.6) is 17.2 Å². The number of benzene rings is 2. The number of hydrogen-bond donors (Lipinski definition) is 4. The van der Waals surface area contributed by atoms with Gasteiger partial charge in [0.15, 0.2) is 17.2 Å². The van der Waals surface area contributed by atoms with Crippen molar-refractivity contribution >= 4 is 17.8 Å². The van der Waals surface area contributed by atoms with E-state index in [9.17, 15) is 20.1 Å². The molecule has 0 aliphatic carbocycles. The van der Waals surface area contributed by atoms with Crippen LogP contribution in [0.4, 0.5) is 5.69 Å². The summed E-state index contributed by atoms with van der Waals surface area (Å²) < 4.78 is 0. The largest absolute Gasteiger partial charge is 0.504 e. The van der Waals surface area contributed by atoms with Gasteiger partial charge in [-0.3, -0.25) is 4.79 Å². The fourth-order valence-corrected chi connectivity index (χ4v) is 2.33. The number of phenols is 3. The summed E-state index contributed by atoms with van der Waals surface area (Å²) in [7, 11) is 0. The van der Waals surface area contributed by atoms with Crippen LogP contribution < -0.4 is 10.3 Å². The van der Waals surface area contributed by atoms with Gasteiger partial charge in [-0.05, 0) is 43.7 Å². The maximum Gasteiger partial charge on any atom is 0.271 e. The molecule has 0 fully saturated rings. The fourth-order valence-electron chi connectivity index (χ4n) is 2.33. The standard InChI is InChI=1S/C18H21N3O4/c1-3-21(4-2)14-7-5-12(6-8-14)11-19-20-18(25)13-9-15(22)17(24)16(23)10-13/h5-11,22-24H,3-4H2,1-2H3,(H,20,25)/b19-11+. The zero-order chi connectivity index (χ0) is 18.4. The average Bonchev–Trinajstić information content (AvgIpc) is 2.61. The Balaban J connectivity index is 2.02. The third-order valence-electron chi connectivity index (χ3n) is 3.73. The first-order valence-electron chi connectivity index (χ1n) is 7.89. The molecule has 0 unspecified atom stereocenters. The fraction of sp³-hybridized carbons (Fsp3) is 0.222. The topological polar surface area (TPSA) is 105 Å². The highest BCUT2D eigenvalue weighted by atomic mass is 16.3. The van der Waals surface area contributed by atoms with Gasteiger partial charge >= 0.3 is 0 Å². The van der Waals surface area contributed by atoms with E-state index in [1.807, 2.05) is 24.3 Å². The highest BCUT2D eigenvalue weighted by Crippen LogP contribution is 2.35. The van der Waals surface area contributed by atoms with Crippen molar-refractivity contribution in [1.29, 1.82) is 0 Å². The third-order valence-corrected chi connectivity index (χ3v) is 3.73. The third kappa shape index (κ3) is 4.41. The Morgan fingerprint density at radius 3 is 2.16 bits per heavy atom. The molecular weight excluding hydrogens is 322 g/mol. The molecule has 0 heterocycles. The van der Waals surface area contributed by atoms with Crippen molar-refractivity contribution < 1.29 is 20.1 Å². The number of carbonyl (C=O) groups excluding carboxylic acids is 1. The summed E-state index contributed by atoms with van der Waals surface area (Å²) in [5.74, 6) is -2.46. The van der Waals surface area contributed by atoms with Crippen LogP contribution in [0.25, 0.3) is 0 Å². The monoisotopic (exact) mass is 343 g/mol. The maximum atomic E-state index is 11.9. The zero-order valence-corrected chi connectivity index (χ0v) is 14.1. The van der Waals surface area contributed by atoms with Crippen molar-refractivity contribution in [3.63, 3.8) is 0 Å². The minimum Gasteiger partial charge on any atom is -0.504 e. The number of hydrazone groups is 1. The van der Waals surface area contributed by atoms with Gasteiger partial charge in [0.2, 0.25) is 0 Å². The number of amides is 1. The minimum atomic E-state index is -0.673. The molecule has 25 heavy (non-hydrogen) atoms. The highest BCUT2D eigenvalue weighted by Gasteiger charge is 2.12. The number of nitrogens with one attached hydrogen (secondary N) is 1. The Bertz CT molecular complexity index is 745. The van der Waals surface area contributed by atoms with Crippen LogP contribution in [-0.4, -0.2) is 40.5 Å². The first-order chi connectivity index (χ1) is 12.0. The van der Waals surface area contributed by atoms with Crippen LogP contribution in [0.2, 0.25) is 0 Å². The Labute approximate surface area is 145 Å². The number of anilines is 1. The van der Waals surface area contributed by atoms with E-state index in [0.29, 0.717) is 0 Å². The molecule has 0 aliphatic heterocycles. The summed E-state index contributed by atoms with van der Waals surface area (Å²) in [5, 5.41) is 31.9. The second-order valence-electron chi connectivity index (χ2n) is 5.33. The lowest BCUT2D eigenvalue weighted by Gasteiger charge is -2.20. The SMILES string of the molecule is CCN(CC)c1ccc(/C=N/NC(=O)c2cc(O)c(O)c(O)c2)cc1. The normalized spacial score (nSPS) is 10.8. The Morgan fingerprint density at radius 1 is 1.08 bits per heavy atom. The first kappa shape index (κ1) is 18.1. The minimum absolute atomic E-state index is 0.0261. The maximum absolute atomic E-state index is 11.9. The first-order valence-corrected chi connectivity index (χ1v) is 7.89. The lowest BCUT2D eigenvalue weighted by atomic mass is 10.2. The van der Waals surface area contributed by atoms with Crippen molar-refractivity contribution in [2.75, 3.05) is 18.0 Å². The lowest BCUT2D eigenvalue weighted by Crippen LogP contribution is -2.21. The van der Waals surface area contributed by atoms with Crippen LogP contribution >= 0.6 is 0 Å². The van der Waals surface area contributed by atoms with Crippen molar-refractivity contribution in [2.24, 2.45) is 5.10 Å². The van der Waals surface area contributed by atoms with E-state index >= 15 is 0 Å². The molecule has 1 amide bonds. The molecule has 2 rings (SSSR count). The molecule has 4 N–H and O–H groups in total. The van der Waals surface area contributed by atoms with Crippen LogP contribution in [0.1, 0.15) is 29.8 Å². The molecule has 0 radical (unpaired) electrons. The summed E-state index contributed by atoms with van der Waals surface area (Å²) in [6.45, 7) is 6.03. The van der Waals surface area contributed by atoms with Crippen molar-refractivity contribution in [3.8, 4) is 17.2 Å². The molecule has 0 saturated heterocycles. The quantitative estimate of drug-likeness (QED) is 0.366. The van der Waals surface area contributed by atoms with Crippen LogP contribution in [-0.2, 0) is 0 Å². The number of nitrogens with zero attached hydrogens (tertiary/aromatic N) is 2. The lowest BCUT2D eigenvalue weighted by molar-refractivity contribution is 0.0954. The van der Waals surface area contributed by atoms with E-state index in [2.05, 4.69) is 29.3 Å². The summed E-state index contributed by atoms with van der Waals surface area (Å²) in [6.07, 6.45) is 1.49. The van der Waals surface area contributed by atoms with Crippen LogP contribution in [0.15, 0.2) is 41.5 Å². The van der Waals surface area contributed by atoms with Gasteiger partial charge in [0.05, 0.1) is 6.21 Å². The van der Waals surface area contributed by atoms with Gasteiger partial charge in [-0.1, -0.05) is 12.1 Å². The molecule has 0 bridgehead atoms. The molecule has 0 aliphatic rings. The summed E-state index contributed by atoms with van der Waals surface area (Å²) in [4.78, 5) is 14.2. The molecule has 0 atom stereocenters. The number of phenolic OH excluding ortho intramolecular Hbond substituents is 3. The average molecular weight is 343 g/mol. The van der Waals surface area contributed by atoms with Gasteiger partial charge in [-0.25, -0.2) is 5.43 Å². The molecule has 0 aromatic heterocycles.